The summed E-state index contributed by atoms with van der Waals surface area (Å²) in [6.07, 6.45) is 1.49. The lowest BCUT2D eigenvalue weighted by molar-refractivity contribution is -0.143. The highest BCUT2D eigenvalue weighted by Gasteiger charge is 2.76. The molecule has 1 saturated carbocycles. The lowest BCUT2D eigenvalue weighted by Gasteiger charge is -2.51. The number of benzene rings is 1. The number of nitrogens with zero attached hydrogens (tertiary/aromatic N) is 2. The lowest BCUT2D eigenvalue weighted by atomic mass is 9.56. The van der Waals surface area contributed by atoms with Crippen LogP contribution in [-0.2, 0) is 24.0 Å². The molecule has 2 aliphatic heterocycles. The molecule has 0 aromatic heterocycles. The monoisotopic (exact) mass is 626 g/mol. The largest absolute Gasteiger partial charge is 0.507 e. The third-order valence-electron chi connectivity index (χ3n) is 8.50. The highest BCUT2D eigenvalue weighted by atomic mass is 79.9. The van der Waals surface area contributed by atoms with Gasteiger partial charge in [0.05, 0.1) is 23.7 Å². The minimum Gasteiger partial charge on any atom is -0.507 e. The number of allylic oxidation sites excluding steroid dienone is 2. The molecule has 4 amide bonds. The van der Waals surface area contributed by atoms with E-state index in [0.717, 1.165) is 9.80 Å². The van der Waals surface area contributed by atoms with Crippen LogP contribution in [0.15, 0.2) is 23.8 Å². The Hall–Kier alpha value is -2.43. The molecular weight excluding hydrogens is 603 g/mol. The second kappa shape index (κ2) is 9.06. The summed E-state index contributed by atoms with van der Waals surface area (Å²) in [4.78, 5) is 63.3. The van der Waals surface area contributed by atoms with Crippen LogP contribution in [0, 0.1) is 31.6 Å². The standard InChI is InChI=1S/C26H25BrCl2N2O7/c1-11-7-13(8-12(2)20(11)34)19-14-3-4-15-18(22(36)30(21(15)35)6-5-17(32)33)16(14)9-25(28)23(37)31(10-27)24(38)26(19,25)29/h3,7-8,15-16,18-19,34H,4-6,9-10H2,1-2H3,(H,32,33)/t15-,16+,18-,19-,25+,26-/m0/s1. The van der Waals surface area contributed by atoms with Crippen molar-refractivity contribution in [2.24, 2.45) is 17.8 Å². The van der Waals surface area contributed by atoms with E-state index >= 15 is 0 Å². The summed E-state index contributed by atoms with van der Waals surface area (Å²) in [5.74, 6) is -6.56. The maximum absolute atomic E-state index is 13.7. The second-order valence-corrected chi connectivity index (χ2v) is 12.2. The summed E-state index contributed by atoms with van der Waals surface area (Å²) >= 11 is 17.5. The Kier molecular flexibility index (Phi) is 6.47. The summed E-state index contributed by atoms with van der Waals surface area (Å²) in [5.41, 5.74) is 2.16. The Bertz CT molecular complexity index is 1330. The van der Waals surface area contributed by atoms with Crippen molar-refractivity contribution in [2.75, 3.05) is 12.0 Å². The number of carbonyl (C=O) groups excluding carboxylic acids is 4. The van der Waals surface area contributed by atoms with Gasteiger partial charge in [0, 0.05) is 12.5 Å². The van der Waals surface area contributed by atoms with Crippen molar-refractivity contribution < 1.29 is 34.2 Å². The second-order valence-electron chi connectivity index (χ2n) is 10.5. The normalized spacial score (nSPS) is 34.3. The van der Waals surface area contributed by atoms with Crippen LogP contribution in [0.1, 0.15) is 41.9 Å². The zero-order valence-corrected chi connectivity index (χ0v) is 23.6. The van der Waals surface area contributed by atoms with Crippen LogP contribution in [-0.4, -0.2) is 71.4 Å². The predicted octanol–water partition coefficient (Wildman–Crippen LogP) is 3.19. The fourth-order valence-corrected chi connectivity index (χ4v) is 8.20. The molecule has 2 aliphatic carbocycles. The average molecular weight is 628 g/mol. The number of fused-ring (bicyclic) bond motifs is 4. The first kappa shape index (κ1) is 27.1. The maximum atomic E-state index is 13.7. The van der Waals surface area contributed by atoms with Gasteiger partial charge < -0.3 is 10.2 Å². The van der Waals surface area contributed by atoms with Gasteiger partial charge in [-0.2, -0.15) is 0 Å². The van der Waals surface area contributed by atoms with Crippen molar-refractivity contribution in [3.63, 3.8) is 0 Å². The van der Waals surface area contributed by atoms with Gasteiger partial charge >= 0.3 is 5.97 Å². The highest BCUT2D eigenvalue weighted by molar-refractivity contribution is 9.09. The molecule has 0 radical (unpaired) electrons. The molecule has 0 spiro atoms. The van der Waals surface area contributed by atoms with Gasteiger partial charge in [-0.25, -0.2) is 0 Å². The Morgan fingerprint density at radius 1 is 1.05 bits per heavy atom. The predicted molar refractivity (Wildman–Crippen MR) is 140 cm³/mol. The summed E-state index contributed by atoms with van der Waals surface area (Å²) in [5, 5.41) is 19.5. The SMILES string of the molecule is Cc1cc([C@H]2C3=CC[C@@H]4C(=O)N(CCC(=O)O)C(=O)[C@@H]4[C@@H]3C[C@@]3(Cl)C(=O)N(CBr)C(=O)[C@@]23Cl)cc(C)c1O. The van der Waals surface area contributed by atoms with Gasteiger partial charge in [0.2, 0.25) is 11.8 Å². The van der Waals surface area contributed by atoms with E-state index in [-0.39, 0.29) is 37.0 Å². The molecule has 38 heavy (non-hydrogen) atoms. The van der Waals surface area contributed by atoms with Crippen LogP contribution in [0.5, 0.6) is 5.75 Å². The molecule has 12 heteroatoms. The first-order valence-electron chi connectivity index (χ1n) is 12.2. The van der Waals surface area contributed by atoms with Gasteiger partial charge in [-0.05, 0) is 49.3 Å². The number of aryl methyl sites for hydroxylation is 2. The zero-order valence-electron chi connectivity index (χ0n) is 20.5. The van der Waals surface area contributed by atoms with E-state index in [4.69, 9.17) is 28.3 Å². The van der Waals surface area contributed by atoms with Crippen molar-refractivity contribution in [1.82, 2.24) is 9.80 Å². The number of amides is 4. The first-order valence-corrected chi connectivity index (χ1v) is 14.0. The number of hydrogen-bond acceptors (Lipinski definition) is 6. The van der Waals surface area contributed by atoms with E-state index < -0.39 is 63.0 Å². The molecular formula is C26H25BrCl2N2O7. The topological polar surface area (TPSA) is 132 Å². The van der Waals surface area contributed by atoms with Crippen molar-refractivity contribution in [3.8, 4) is 5.75 Å². The van der Waals surface area contributed by atoms with Gasteiger partial charge in [-0.3, -0.25) is 33.8 Å². The molecule has 2 saturated heterocycles. The molecule has 0 bridgehead atoms. The van der Waals surface area contributed by atoms with Gasteiger partial charge in [0.1, 0.15) is 5.75 Å². The van der Waals surface area contributed by atoms with Crippen molar-refractivity contribution in [3.05, 3.63) is 40.5 Å². The zero-order chi connectivity index (χ0) is 27.9. The molecule has 0 unspecified atom stereocenters. The van der Waals surface area contributed by atoms with E-state index in [0.29, 0.717) is 22.3 Å². The van der Waals surface area contributed by atoms with Crippen LogP contribution in [0.25, 0.3) is 0 Å². The quantitative estimate of drug-likeness (QED) is 0.222. The number of aliphatic carboxylic acids is 1. The summed E-state index contributed by atoms with van der Waals surface area (Å²) in [6, 6.07) is 3.39. The molecule has 2 heterocycles. The Labute approximate surface area is 236 Å². The summed E-state index contributed by atoms with van der Waals surface area (Å²) < 4.78 is 0. The van der Waals surface area contributed by atoms with E-state index in [1.807, 2.05) is 6.08 Å². The van der Waals surface area contributed by atoms with E-state index in [1.165, 1.54) is 0 Å². The van der Waals surface area contributed by atoms with Crippen LogP contribution < -0.4 is 0 Å². The average Bonchev–Trinajstić information content (AvgIpc) is 3.18. The van der Waals surface area contributed by atoms with Gasteiger partial charge in [0.15, 0.2) is 9.75 Å². The van der Waals surface area contributed by atoms with Crippen molar-refractivity contribution in [2.45, 2.75) is 48.8 Å². The molecule has 6 atom stereocenters. The molecule has 4 aliphatic rings. The number of hydrogen-bond donors (Lipinski definition) is 2. The van der Waals surface area contributed by atoms with Crippen LogP contribution >= 0.6 is 39.1 Å². The number of carboxylic acid groups (broad SMARTS) is 1. The maximum Gasteiger partial charge on any atom is 0.305 e. The van der Waals surface area contributed by atoms with E-state index in [2.05, 4.69) is 15.9 Å². The van der Waals surface area contributed by atoms with Crippen molar-refractivity contribution in [1.29, 1.82) is 0 Å². The van der Waals surface area contributed by atoms with Crippen LogP contribution in [0.3, 0.4) is 0 Å². The van der Waals surface area contributed by atoms with Gasteiger partial charge in [-0.15, -0.1) is 23.2 Å². The third-order valence-corrected chi connectivity index (χ3v) is 10.4. The number of alkyl halides is 3. The highest BCUT2D eigenvalue weighted by Crippen LogP contribution is 2.65. The van der Waals surface area contributed by atoms with Gasteiger partial charge in [-0.1, -0.05) is 39.7 Å². The van der Waals surface area contributed by atoms with E-state index in [9.17, 15) is 29.1 Å². The molecule has 9 nitrogen and oxygen atoms in total. The van der Waals surface area contributed by atoms with E-state index in [1.54, 1.807) is 26.0 Å². The number of carbonyl (C=O) groups is 5. The number of carboxylic acids is 1. The Morgan fingerprint density at radius 2 is 1.68 bits per heavy atom. The third kappa shape index (κ3) is 3.45. The number of imide groups is 2. The summed E-state index contributed by atoms with van der Waals surface area (Å²) in [6.45, 7) is 3.17. The fraction of sp³-hybridized carbons (Fsp3) is 0.500. The number of aromatic hydroxyl groups is 1. The molecule has 3 fully saturated rings. The molecule has 5 rings (SSSR count). The minimum absolute atomic E-state index is 0.0844. The number of phenolic OH excluding ortho intramolecular Hbond substituents is 1. The molecule has 1 aromatic rings. The smallest absolute Gasteiger partial charge is 0.305 e. The number of rotatable bonds is 5. The number of phenols is 1. The molecule has 202 valence electrons. The fourth-order valence-electron chi connectivity index (χ4n) is 6.78. The van der Waals surface area contributed by atoms with Crippen molar-refractivity contribution >= 4 is 68.7 Å². The number of likely N-dealkylation sites (tertiary alicyclic amines) is 2. The Balaban J connectivity index is 1.69. The van der Waals surface area contributed by atoms with Crippen LogP contribution in [0.2, 0.25) is 0 Å². The van der Waals surface area contributed by atoms with Crippen LogP contribution in [0.4, 0.5) is 0 Å². The Morgan fingerprint density at radius 3 is 2.26 bits per heavy atom. The van der Waals surface area contributed by atoms with Gasteiger partial charge in [0.25, 0.3) is 11.8 Å². The molecule has 1 aromatic carbocycles. The molecule has 2 N–H and O–H groups in total. The number of halogens is 3. The minimum atomic E-state index is -1.92. The summed E-state index contributed by atoms with van der Waals surface area (Å²) in [7, 11) is 0. The lowest BCUT2D eigenvalue weighted by Crippen LogP contribution is -2.60. The first-order chi connectivity index (χ1) is 17.8.